The molecule has 1 amide bonds. The highest BCUT2D eigenvalue weighted by molar-refractivity contribution is 6.12. The average molecular weight is 264 g/mol. The van der Waals surface area contributed by atoms with Crippen LogP contribution in [0.5, 0.6) is 0 Å². The van der Waals surface area contributed by atoms with Crippen molar-refractivity contribution in [1.29, 1.82) is 0 Å². The molecule has 3 heteroatoms. The van der Waals surface area contributed by atoms with Crippen LogP contribution in [-0.4, -0.2) is 10.9 Å². The van der Waals surface area contributed by atoms with Crippen molar-refractivity contribution in [3.05, 3.63) is 65.9 Å². The fraction of sp³-hybridized carbons (Fsp3) is 0.118. The van der Waals surface area contributed by atoms with Crippen molar-refractivity contribution < 1.29 is 4.79 Å². The van der Waals surface area contributed by atoms with Crippen LogP contribution >= 0.6 is 0 Å². The number of anilines is 1. The van der Waals surface area contributed by atoms with Gasteiger partial charge in [0, 0.05) is 22.8 Å². The molecule has 0 aliphatic heterocycles. The maximum absolute atomic E-state index is 12.3. The first-order chi connectivity index (χ1) is 9.78. The number of amides is 1. The predicted octanol–water partition coefficient (Wildman–Crippen LogP) is 3.98. The fourth-order valence-corrected chi connectivity index (χ4v) is 2.28. The minimum Gasteiger partial charge on any atom is -0.360 e. The number of rotatable bonds is 3. The molecule has 0 aliphatic rings. The zero-order chi connectivity index (χ0) is 13.9. The summed E-state index contributed by atoms with van der Waals surface area (Å²) in [6, 6.07) is 15.7. The lowest BCUT2D eigenvalue weighted by molar-refractivity contribution is 0.102. The Labute approximate surface area is 117 Å². The summed E-state index contributed by atoms with van der Waals surface area (Å²) < 4.78 is 0. The summed E-state index contributed by atoms with van der Waals surface area (Å²) in [7, 11) is 0. The van der Waals surface area contributed by atoms with Crippen molar-refractivity contribution in [1.82, 2.24) is 4.98 Å². The molecule has 1 aromatic heterocycles. The lowest BCUT2D eigenvalue weighted by atomic mass is 10.1. The van der Waals surface area contributed by atoms with Crippen LogP contribution in [0.3, 0.4) is 0 Å². The van der Waals surface area contributed by atoms with Crippen LogP contribution < -0.4 is 5.32 Å². The Bertz CT molecular complexity index is 741. The largest absolute Gasteiger partial charge is 0.360 e. The number of nitrogens with one attached hydrogen (secondary N) is 2. The lowest BCUT2D eigenvalue weighted by Crippen LogP contribution is -2.11. The number of fused-ring (bicyclic) bond motifs is 1. The minimum atomic E-state index is -0.0910. The molecule has 0 unspecified atom stereocenters. The first-order valence-corrected chi connectivity index (χ1v) is 6.74. The molecule has 2 aromatic carbocycles. The second kappa shape index (κ2) is 5.21. The van der Waals surface area contributed by atoms with Crippen molar-refractivity contribution in [2.24, 2.45) is 0 Å². The van der Waals surface area contributed by atoms with E-state index in [4.69, 9.17) is 0 Å². The first kappa shape index (κ1) is 12.5. The number of carbonyl (C=O) groups excluding carboxylic acids is 1. The summed E-state index contributed by atoms with van der Waals surface area (Å²) in [6.07, 6.45) is 2.75. The second-order valence-corrected chi connectivity index (χ2v) is 4.75. The summed E-state index contributed by atoms with van der Waals surface area (Å²) in [5.41, 5.74) is 3.71. The van der Waals surface area contributed by atoms with Gasteiger partial charge in [-0.25, -0.2) is 0 Å². The van der Waals surface area contributed by atoms with Crippen molar-refractivity contribution in [2.75, 3.05) is 5.32 Å². The smallest absolute Gasteiger partial charge is 0.257 e. The standard InChI is InChI=1S/C17H16N2O/c1-2-12-7-9-13(10-8-12)19-17(20)15-11-18-16-6-4-3-5-14(15)16/h3-11,18H,2H2,1H3,(H,19,20). The van der Waals surface area contributed by atoms with Gasteiger partial charge in [-0.1, -0.05) is 37.3 Å². The number of hydrogen-bond acceptors (Lipinski definition) is 1. The first-order valence-electron chi connectivity index (χ1n) is 6.74. The van der Waals surface area contributed by atoms with E-state index in [-0.39, 0.29) is 5.91 Å². The van der Waals surface area contributed by atoms with Crippen molar-refractivity contribution >= 4 is 22.5 Å². The molecule has 0 bridgehead atoms. The summed E-state index contributed by atoms with van der Waals surface area (Å²) in [6.45, 7) is 2.11. The van der Waals surface area contributed by atoms with Crippen LogP contribution in [0.2, 0.25) is 0 Å². The third-order valence-electron chi connectivity index (χ3n) is 3.45. The van der Waals surface area contributed by atoms with Crippen LogP contribution in [0.15, 0.2) is 54.7 Å². The van der Waals surface area contributed by atoms with Gasteiger partial charge in [0.25, 0.3) is 5.91 Å². The maximum Gasteiger partial charge on any atom is 0.257 e. The number of benzene rings is 2. The summed E-state index contributed by atoms with van der Waals surface area (Å²) in [5.74, 6) is -0.0910. The van der Waals surface area contributed by atoms with Gasteiger partial charge < -0.3 is 10.3 Å². The molecule has 0 spiro atoms. The molecular formula is C17H16N2O. The van der Waals surface area contributed by atoms with Gasteiger partial charge in [0.15, 0.2) is 0 Å². The van der Waals surface area contributed by atoms with Crippen molar-refractivity contribution in [3.63, 3.8) is 0 Å². The van der Waals surface area contributed by atoms with E-state index in [2.05, 4.69) is 17.2 Å². The van der Waals surface area contributed by atoms with Crippen LogP contribution in [-0.2, 0) is 6.42 Å². The molecule has 3 rings (SSSR count). The zero-order valence-corrected chi connectivity index (χ0v) is 11.3. The molecule has 2 N–H and O–H groups in total. The Morgan fingerprint density at radius 3 is 2.60 bits per heavy atom. The highest BCUT2D eigenvalue weighted by Crippen LogP contribution is 2.19. The van der Waals surface area contributed by atoms with Gasteiger partial charge in [-0.05, 0) is 30.2 Å². The van der Waals surface area contributed by atoms with Crippen LogP contribution in [0.1, 0.15) is 22.8 Å². The van der Waals surface area contributed by atoms with Gasteiger partial charge in [0.05, 0.1) is 5.56 Å². The molecule has 0 saturated heterocycles. The molecule has 1 heterocycles. The Kier molecular flexibility index (Phi) is 3.25. The van der Waals surface area contributed by atoms with Crippen molar-refractivity contribution in [3.8, 4) is 0 Å². The van der Waals surface area contributed by atoms with Crippen molar-refractivity contribution in [2.45, 2.75) is 13.3 Å². The topological polar surface area (TPSA) is 44.9 Å². The fourth-order valence-electron chi connectivity index (χ4n) is 2.28. The minimum absolute atomic E-state index is 0.0910. The number of aryl methyl sites for hydroxylation is 1. The molecule has 0 aliphatic carbocycles. The Morgan fingerprint density at radius 1 is 1.10 bits per heavy atom. The SMILES string of the molecule is CCc1ccc(NC(=O)c2c[nH]c3ccccc23)cc1. The highest BCUT2D eigenvalue weighted by Gasteiger charge is 2.11. The molecule has 0 saturated carbocycles. The predicted molar refractivity (Wildman–Crippen MR) is 82.1 cm³/mol. The van der Waals surface area contributed by atoms with E-state index in [0.717, 1.165) is 23.0 Å². The van der Waals surface area contributed by atoms with Crippen LogP contribution in [0.4, 0.5) is 5.69 Å². The van der Waals surface area contributed by atoms with Crippen LogP contribution in [0.25, 0.3) is 10.9 Å². The average Bonchev–Trinajstić information content (AvgIpc) is 2.92. The number of para-hydroxylation sites is 1. The Morgan fingerprint density at radius 2 is 1.85 bits per heavy atom. The highest BCUT2D eigenvalue weighted by atomic mass is 16.1. The third kappa shape index (κ3) is 2.30. The quantitative estimate of drug-likeness (QED) is 0.738. The van der Waals surface area contributed by atoms with E-state index in [1.165, 1.54) is 5.56 Å². The molecule has 20 heavy (non-hydrogen) atoms. The third-order valence-corrected chi connectivity index (χ3v) is 3.45. The van der Waals surface area contributed by atoms with Crippen LogP contribution in [0, 0.1) is 0 Å². The normalized spacial score (nSPS) is 10.7. The number of H-pyrrole nitrogens is 1. The van der Waals surface area contributed by atoms with Gasteiger partial charge in [0.1, 0.15) is 0 Å². The number of carbonyl (C=O) groups is 1. The maximum atomic E-state index is 12.3. The Hall–Kier alpha value is -2.55. The zero-order valence-electron chi connectivity index (χ0n) is 11.3. The van der Waals surface area contributed by atoms with E-state index in [1.54, 1.807) is 6.20 Å². The van der Waals surface area contributed by atoms with Gasteiger partial charge in [-0.2, -0.15) is 0 Å². The molecule has 0 radical (unpaired) electrons. The molecule has 100 valence electrons. The molecule has 3 nitrogen and oxygen atoms in total. The van der Waals surface area contributed by atoms with Gasteiger partial charge in [-0.3, -0.25) is 4.79 Å². The summed E-state index contributed by atoms with van der Waals surface area (Å²) >= 11 is 0. The van der Waals surface area contributed by atoms with E-state index in [1.807, 2.05) is 48.5 Å². The second-order valence-electron chi connectivity index (χ2n) is 4.75. The number of aromatic amines is 1. The van der Waals surface area contributed by atoms with E-state index < -0.39 is 0 Å². The van der Waals surface area contributed by atoms with Gasteiger partial charge >= 0.3 is 0 Å². The van der Waals surface area contributed by atoms with E-state index in [0.29, 0.717) is 5.56 Å². The molecular weight excluding hydrogens is 248 g/mol. The van der Waals surface area contributed by atoms with E-state index in [9.17, 15) is 4.79 Å². The number of hydrogen-bond donors (Lipinski definition) is 2. The Balaban J connectivity index is 1.85. The lowest BCUT2D eigenvalue weighted by Gasteiger charge is -2.05. The summed E-state index contributed by atoms with van der Waals surface area (Å²) in [4.78, 5) is 15.4. The molecule has 0 fully saturated rings. The van der Waals surface area contributed by atoms with Gasteiger partial charge in [-0.15, -0.1) is 0 Å². The molecule has 3 aromatic rings. The summed E-state index contributed by atoms with van der Waals surface area (Å²) in [5, 5.41) is 3.87. The van der Waals surface area contributed by atoms with E-state index >= 15 is 0 Å². The van der Waals surface area contributed by atoms with Gasteiger partial charge in [0.2, 0.25) is 0 Å². The molecule has 0 atom stereocenters. The monoisotopic (exact) mass is 264 g/mol. The number of aromatic nitrogens is 1.